The van der Waals surface area contributed by atoms with Crippen LogP contribution < -0.4 is 5.32 Å². The molecular weight excluding hydrogens is 384 g/mol. The van der Waals surface area contributed by atoms with E-state index in [1.54, 1.807) is 12.4 Å². The molecule has 5 nitrogen and oxygen atoms in total. The fourth-order valence-electron chi connectivity index (χ4n) is 4.45. The van der Waals surface area contributed by atoms with Crippen LogP contribution in [-0.4, -0.2) is 40.4 Å². The normalized spacial score (nSPS) is 16.7. The first-order chi connectivity index (χ1) is 15.2. The molecule has 1 unspecified atom stereocenters. The highest BCUT2D eigenvalue weighted by molar-refractivity contribution is 5.89. The van der Waals surface area contributed by atoms with Crippen molar-refractivity contribution in [3.8, 4) is 11.3 Å². The molecule has 0 bridgehead atoms. The highest BCUT2D eigenvalue weighted by Crippen LogP contribution is 2.32. The SMILES string of the molecule is CC(=O)Nc1cccc(-c2nccnc2C2CCCN(CCCc3ccccc3)C2)c1. The minimum Gasteiger partial charge on any atom is -0.326 e. The van der Waals surface area contributed by atoms with Crippen LogP contribution in [0.4, 0.5) is 5.69 Å². The topological polar surface area (TPSA) is 58.1 Å². The van der Waals surface area contributed by atoms with Crippen molar-refractivity contribution in [3.05, 3.63) is 78.2 Å². The minimum atomic E-state index is -0.0741. The molecule has 1 amide bonds. The van der Waals surface area contributed by atoms with Gasteiger partial charge in [0.15, 0.2) is 0 Å². The third kappa shape index (κ3) is 5.76. The zero-order valence-electron chi connectivity index (χ0n) is 18.1. The minimum absolute atomic E-state index is 0.0741. The maximum atomic E-state index is 11.4. The van der Waals surface area contributed by atoms with Crippen LogP contribution in [0.15, 0.2) is 67.0 Å². The van der Waals surface area contributed by atoms with Crippen molar-refractivity contribution >= 4 is 11.6 Å². The van der Waals surface area contributed by atoms with Crippen molar-refractivity contribution in [1.82, 2.24) is 14.9 Å². The summed E-state index contributed by atoms with van der Waals surface area (Å²) in [5.41, 5.74) is 5.18. The first kappa shape index (κ1) is 21.2. The number of nitrogens with one attached hydrogen (secondary N) is 1. The number of aromatic nitrogens is 2. The van der Waals surface area contributed by atoms with Gasteiger partial charge in [-0.05, 0) is 56.5 Å². The summed E-state index contributed by atoms with van der Waals surface area (Å²) in [6, 6.07) is 18.6. The van der Waals surface area contributed by atoms with Crippen molar-refractivity contribution in [3.63, 3.8) is 0 Å². The molecule has 1 N–H and O–H groups in total. The van der Waals surface area contributed by atoms with E-state index < -0.39 is 0 Å². The molecule has 5 heteroatoms. The van der Waals surface area contributed by atoms with E-state index in [2.05, 4.69) is 45.5 Å². The average Bonchev–Trinajstić information content (AvgIpc) is 2.80. The average molecular weight is 415 g/mol. The van der Waals surface area contributed by atoms with Gasteiger partial charge in [-0.3, -0.25) is 14.8 Å². The van der Waals surface area contributed by atoms with Gasteiger partial charge in [-0.1, -0.05) is 42.5 Å². The second kappa shape index (κ2) is 10.3. The third-order valence-electron chi connectivity index (χ3n) is 5.86. The summed E-state index contributed by atoms with van der Waals surface area (Å²) in [7, 11) is 0. The van der Waals surface area contributed by atoms with E-state index in [4.69, 9.17) is 4.98 Å². The second-order valence-corrected chi connectivity index (χ2v) is 8.28. The molecule has 2 aromatic carbocycles. The third-order valence-corrected chi connectivity index (χ3v) is 5.86. The standard InChI is InChI=1S/C26H30N4O/c1-20(31)29-24-13-5-11-22(18-24)25-26(28-15-14-27-25)23-12-7-17-30(19-23)16-6-10-21-8-3-2-4-9-21/h2-5,8-9,11,13-15,18,23H,6-7,10,12,16-17,19H2,1H3,(H,29,31). The van der Waals surface area contributed by atoms with Crippen LogP contribution in [0, 0.1) is 0 Å². The first-order valence-electron chi connectivity index (χ1n) is 11.1. The van der Waals surface area contributed by atoms with E-state index in [0.29, 0.717) is 5.92 Å². The van der Waals surface area contributed by atoms with Crippen molar-refractivity contribution in [2.24, 2.45) is 0 Å². The molecule has 1 fully saturated rings. The summed E-state index contributed by atoms with van der Waals surface area (Å²) >= 11 is 0. The molecule has 1 aliphatic rings. The fraction of sp³-hybridized carbons (Fsp3) is 0.346. The Kier molecular flexibility index (Phi) is 7.05. The Bertz CT molecular complexity index is 1010. The predicted octanol–water partition coefficient (Wildman–Crippen LogP) is 4.91. The number of likely N-dealkylation sites (tertiary alicyclic amines) is 1. The molecule has 160 valence electrons. The molecule has 2 heterocycles. The Balaban J connectivity index is 1.45. The van der Waals surface area contributed by atoms with E-state index in [-0.39, 0.29) is 5.91 Å². The van der Waals surface area contributed by atoms with E-state index in [0.717, 1.165) is 55.1 Å². The highest BCUT2D eigenvalue weighted by Gasteiger charge is 2.25. The lowest BCUT2D eigenvalue weighted by Gasteiger charge is -2.33. The smallest absolute Gasteiger partial charge is 0.221 e. The molecule has 4 rings (SSSR count). The second-order valence-electron chi connectivity index (χ2n) is 8.28. The van der Waals surface area contributed by atoms with Crippen LogP contribution in [-0.2, 0) is 11.2 Å². The van der Waals surface area contributed by atoms with Gasteiger partial charge in [0.1, 0.15) is 0 Å². The fourth-order valence-corrected chi connectivity index (χ4v) is 4.45. The van der Waals surface area contributed by atoms with Gasteiger partial charge >= 0.3 is 0 Å². The van der Waals surface area contributed by atoms with Gasteiger partial charge in [0.2, 0.25) is 5.91 Å². The summed E-state index contributed by atoms with van der Waals surface area (Å²) in [4.78, 5) is 23.4. The molecule has 0 radical (unpaired) electrons. The molecule has 1 aromatic heterocycles. The highest BCUT2D eigenvalue weighted by atomic mass is 16.1. The number of hydrogen-bond acceptors (Lipinski definition) is 4. The molecule has 1 atom stereocenters. The number of anilines is 1. The molecule has 0 aliphatic carbocycles. The summed E-state index contributed by atoms with van der Waals surface area (Å²) in [6.45, 7) is 4.80. The number of benzene rings is 2. The lowest BCUT2D eigenvalue weighted by molar-refractivity contribution is -0.114. The van der Waals surface area contributed by atoms with E-state index in [1.165, 1.54) is 25.3 Å². The zero-order valence-corrected chi connectivity index (χ0v) is 18.1. The van der Waals surface area contributed by atoms with Gasteiger partial charge in [0.25, 0.3) is 0 Å². The van der Waals surface area contributed by atoms with Crippen LogP contribution in [0.25, 0.3) is 11.3 Å². The number of carbonyl (C=O) groups excluding carboxylic acids is 1. The van der Waals surface area contributed by atoms with E-state index in [9.17, 15) is 4.79 Å². The summed E-state index contributed by atoms with van der Waals surface area (Å²) in [6.07, 6.45) is 8.15. The Morgan fingerprint density at radius 1 is 1.10 bits per heavy atom. The lowest BCUT2D eigenvalue weighted by atomic mass is 9.91. The molecule has 31 heavy (non-hydrogen) atoms. The predicted molar refractivity (Wildman–Crippen MR) is 125 cm³/mol. The van der Waals surface area contributed by atoms with E-state index in [1.807, 2.05) is 24.3 Å². The maximum absolute atomic E-state index is 11.4. The van der Waals surface area contributed by atoms with Gasteiger partial charge in [0.05, 0.1) is 11.4 Å². The molecule has 0 spiro atoms. The van der Waals surface area contributed by atoms with E-state index >= 15 is 0 Å². The van der Waals surface area contributed by atoms with Crippen LogP contribution in [0.3, 0.4) is 0 Å². The largest absolute Gasteiger partial charge is 0.326 e. The van der Waals surface area contributed by atoms with Crippen molar-refractivity contribution in [1.29, 1.82) is 0 Å². The number of aryl methyl sites for hydroxylation is 1. The Morgan fingerprint density at radius 3 is 2.77 bits per heavy atom. The number of rotatable bonds is 7. The van der Waals surface area contributed by atoms with Crippen molar-refractivity contribution in [2.75, 3.05) is 25.0 Å². The molecular formula is C26H30N4O. The molecule has 1 saturated heterocycles. The number of hydrogen-bond donors (Lipinski definition) is 1. The summed E-state index contributed by atoms with van der Waals surface area (Å²) < 4.78 is 0. The Hall–Kier alpha value is -3.05. The zero-order chi connectivity index (χ0) is 21.5. The van der Waals surface area contributed by atoms with Crippen LogP contribution >= 0.6 is 0 Å². The Labute approximate surface area is 184 Å². The number of amides is 1. The van der Waals surface area contributed by atoms with Crippen molar-refractivity contribution < 1.29 is 4.79 Å². The summed E-state index contributed by atoms with van der Waals surface area (Å²) in [5.74, 6) is 0.300. The number of carbonyl (C=O) groups is 1. The molecule has 3 aromatic rings. The van der Waals surface area contributed by atoms with Gasteiger partial charge in [-0.25, -0.2) is 0 Å². The van der Waals surface area contributed by atoms with Crippen LogP contribution in [0.5, 0.6) is 0 Å². The molecule has 0 saturated carbocycles. The number of piperidine rings is 1. The monoisotopic (exact) mass is 414 g/mol. The van der Waals surface area contributed by atoms with Gasteiger partial charge in [-0.15, -0.1) is 0 Å². The number of nitrogens with zero attached hydrogens (tertiary/aromatic N) is 3. The molecule has 1 aliphatic heterocycles. The Morgan fingerprint density at radius 2 is 1.94 bits per heavy atom. The van der Waals surface area contributed by atoms with Gasteiger partial charge < -0.3 is 10.2 Å². The lowest BCUT2D eigenvalue weighted by Crippen LogP contribution is -2.35. The first-order valence-corrected chi connectivity index (χ1v) is 11.1. The van der Waals surface area contributed by atoms with Gasteiger partial charge in [-0.2, -0.15) is 0 Å². The van der Waals surface area contributed by atoms with Crippen LogP contribution in [0.2, 0.25) is 0 Å². The summed E-state index contributed by atoms with van der Waals surface area (Å²) in [5, 5.41) is 2.86. The quantitative estimate of drug-likeness (QED) is 0.597. The maximum Gasteiger partial charge on any atom is 0.221 e. The van der Waals surface area contributed by atoms with Gasteiger partial charge in [0, 0.05) is 43.0 Å². The van der Waals surface area contributed by atoms with Crippen LogP contribution in [0.1, 0.15) is 43.4 Å². The van der Waals surface area contributed by atoms with Crippen molar-refractivity contribution in [2.45, 2.75) is 38.5 Å².